The van der Waals surface area contributed by atoms with E-state index < -0.39 is 18.1 Å². The molecule has 0 aromatic carbocycles. The molecule has 0 unspecified atom stereocenters. The van der Waals surface area contributed by atoms with Crippen molar-refractivity contribution in [3.63, 3.8) is 0 Å². The highest BCUT2D eigenvalue weighted by Gasteiger charge is 2.31. The number of anilines is 1. The fourth-order valence-corrected chi connectivity index (χ4v) is 3.46. The second-order valence-corrected chi connectivity index (χ2v) is 7.09. The first-order valence-corrected chi connectivity index (χ1v) is 8.80. The maximum Gasteiger partial charge on any atom is 0.323 e. The summed E-state index contributed by atoms with van der Waals surface area (Å²) in [7, 11) is 0. The van der Waals surface area contributed by atoms with E-state index in [0.717, 1.165) is 30.0 Å². The molecule has 7 nitrogen and oxygen atoms in total. The van der Waals surface area contributed by atoms with Crippen LogP contribution in [0.3, 0.4) is 0 Å². The molecule has 1 aromatic rings. The Bertz CT molecular complexity index is 687. The number of carboxylic acids is 1. The zero-order valence-electron chi connectivity index (χ0n) is 13.8. The van der Waals surface area contributed by atoms with Gasteiger partial charge in [0.05, 0.1) is 5.69 Å². The number of nitrogens with zero attached hydrogens (tertiary/aromatic N) is 3. The lowest BCUT2D eigenvalue weighted by Crippen LogP contribution is -2.38. The van der Waals surface area contributed by atoms with Crippen LogP contribution in [0, 0.1) is 12.8 Å². The third-order valence-electron chi connectivity index (χ3n) is 4.85. The van der Waals surface area contributed by atoms with Crippen molar-refractivity contribution in [3.8, 4) is 0 Å². The van der Waals surface area contributed by atoms with Gasteiger partial charge in [-0.15, -0.1) is 0 Å². The summed E-state index contributed by atoms with van der Waals surface area (Å²) in [5, 5.41) is 12.2. The lowest BCUT2D eigenvalue weighted by atomic mass is 10.2. The van der Waals surface area contributed by atoms with Crippen LogP contribution < -0.4 is 10.9 Å². The van der Waals surface area contributed by atoms with Gasteiger partial charge in [0.15, 0.2) is 11.0 Å². The number of likely N-dealkylation sites (tertiary alicyclic amines) is 1. The van der Waals surface area contributed by atoms with E-state index in [1.54, 1.807) is 6.92 Å². The van der Waals surface area contributed by atoms with Crippen LogP contribution in [-0.4, -0.2) is 51.2 Å². The highest BCUT2D eigenvalue weighted by atomic mass is 35.5. The van der Waals surface area contributed by atoms with Crippen molar-refractivity contribution in [1.82, 2.24) is 14.5 Å². The van der Waals surface area contributed by atoms with E-state index in [0.29, 0.717) is 18.3 Å². The fraction of sp³-hybridized carbons (Fsp3) is 0.688. The smallest absolute Gasteiger partial charge is 0.323 e. The summed E-state index contributed by atoms with van der Waals surface area (Å²) < 4.78 is 1.15. The Morgan fingerprint density at radius 3 is 2.83 bits per heavy atom. The number of rotatable bonds is 7. The minimum absolute atomic E-state index is 0.130. The van der Waals surface area contributed by atoms with Crippen LogP contribution in [0.5, 0.6) is 0 Å². The molecule has 2 aliphatic rings. The molecular formula is C16H23ClN4O3. The third kappa shape index (κ3) is 3.89. The Labute approximate surface area is 145 Å². The van der Waals surface area contributed by atoms with E-state index >= 15 is 0 Å². The van der Waals surface area contributed by atoms with Crippen LogP contribution in [0.4, 0.5) is 5.82 Å². The van der Waals surface area contributed by atoms with Crippen molar-refractivity contribution in [2.24, 2.45) is 5.92 Å². The zero-order chi connectivity index (χ0) is 17.3. The van der Waals surface area contributed by atoms with Gasteiger partial charge in [-0.2, -0.15) is 0 Å². The minimum Gasteiger partial charge on any atom is -0.480 e. The number of carbonyl (C=O) groups is 1. The molecule has 132 valence electrons. The largest absolute Gasteiger partial charge is 0.480 e. The van der Waals surface area contributed by atoms with Gasteiger partial charge >= 0.3 is 5.97 Å². The summed E-state index contributed by atoms with van der Waals surface area (Å²) in [4.78, 5) is 30.0. The summed E-state index contributed by atoms with van der Waals surface area (Å²) in [6, 6.07) is 0.389. The van der Waals surface area contributed by atoms with E-state index in [9.17, 15) is 9.59 Å². The molecule has 2 heterocycles. The van der Waals surface area contributed by atoms with E-state index in [2.05, 4.69) is 15.2 Å². The summed E-state index contributed by atoms with van der Waals surface area (Å²) in [5.74, 6) is -0.115. The van der Waals surface area contributed by atoms with E-state index in [1.165, 1.54) is 19.3 Å². The standard InChI is InChI=1S/C16H23ClN4O3/c1-10-14(17)19-15(16(24)21(10)9-13(22)23)18-7-12-3-2-6-20(12)8-11-4-5-11/h11-12H,2-9H2,1H3,(H,18,19)(H,22,23)/t12-/m0/s1. The first-order valence-electron chi connectivity index (χ1n) is 8.42. The molecule has 1 aromatic heterocycles. The molecule has 1 saturated carbocycles. The summed E-state index contributed by atoms with van der Waals surface area (Å²) in [6.07, 6.45) is 4.92. The highest BCUT2D eigenvalue weighted by Crippen LogP contribution is 2.32. The Morgan fingerprint density at radius 1 is 1.42 bits per heavy atom. The van der Waals surface area contributed by atoms with Gasteiger partial charge in [0, 0.05) is 19.1 Å². The molecular weight excluding hydrogens is 332 g/mol. The molecule has 1 saturated heterocycles. The van der Waals surface area contributed by atoms with E-state index in [1.807, 2.05) is 0 Å². The second kappa shape index (κ2) is 7.11. The molecule has 2 fully saturated rings. The van der Waals surface area contributed by atoms with Gasteiger partial charge in [0.2, 0.25) is 0 Å². The van der Waals surface area contributed by atoms with E-state index in [4.69, 9.17) is 16.7 Å². The Balaban J connectivity index is 1.71. The quantitative estimate of drug-likeness (QED) is 0.773. The molecule has 0 bridgehead atoms. The monoisotopic (exact) mass is 354 g/mol. The number of nitrogens with one attached hydrogen (secondary N) is 1. The third-order valence-corrected chi connectivity index (χ3v) is 5.21. The van der Waals surface area contributed by atoms with Crippen molar-refractivity contribution in [1.29, 1.82) is 0 Å². The minimum atomic E-state index is -1.08. The summed E-state index contributed by atoms with van der Waals surface area (Å²) in [6.45, 7) is 4.05. The Kier molecular flexibility index (Phi) is 5.10. The molecule has 0 amide bonds. The molecule has 1 aliphatic carbocycles. The number of hydrogen-bond acceptors (Lipinski definition) is 5. The topological polar surface area (TPSA) is 87.5 Å². The van der Waals surface area contributed by atoms with Crippen LogP contribution in [0.15, 0.2) is 4.79 Å². The average molecular weight is 355 g/mol. The Morgan fingerprint density at radius 2 is 2.17 bits per heavy atom. The molecule has 1 atom stereocenters. The predicted octanol–water partition coefficient (Wildman–Crippen LogP) is 1.58. The number of carboxylic acid groups (broad SMARTS) is 1. The maximum absolute atomic E-state index is 12.5. The van der Waals surface area contributed by atoms with Crippen molar-refractivity contribution in [2.75, 3.05) is 25.0 Å². The molecule has 24 heavy (non-hydrogen) atoms. The van der Waals surface area contributed by atoms with Crippen LogP contribution in [-0.2, 0) is 11.3 Å². The number of aliphatic carboxylic acids is 1. The molecule has 2 N–H and O–H groups in total. The molecule has 1 aliphatic heterocycles. The van der Waals surface area contributed by atoms with Gasteiger partial charge in [-0.25, -0.2) is 4.98 Å². The van der Waals surface area contributed by atoms with Crippen LogP contribution >= 0.6 is 11.6 Å². The SMILES string of the molecule is Cc1c(Cl)nc(NC[C@@H]2CCCN2CC2CC2)c(=O)n1CC(=O)O. The van der Waals surface area contributed by atoms with Crippen LogP contribution in [0.25, 0.3) is 0 Å². The van der Waals surface area contributed by atoms with Crippen molar-refractivity contribution >= 4 is 23.4 Å². The predicted molar refractivity (Wildman–Crippen MR) is 91.7 cm³/mol. The lowest BCUT2D eigenvalue weighted by molar-refractivity contribution is -0.137. The maximum atomic E-state index is 12.5. The summed E-state index contributed by atoms with van der Waals surface area (Å²) in [5.41, 5.74) is -0.0723. The summed E-state index contributed by atoms with van der Waals surface area (Å²) >= 11 is 6.06. The number of halogens is 1. The van der Waals surface area contributed by atoms with Gasteiger partial charge < -0.3 is 10.4 Å². The lowest BCUT2D eigenvalue weighted by Gasteiger charge is -2.24. The number of aromatic nitrogens is 2. The van der Waals surface area contributed by atoms with Crippen molar-refractivity contribution in [2.45, 2.75) is 45.2 Å². The van der Waals surface area contributed by atoms with Gasteiger partial charge in [-0.1, -0.05) is 11.6 Å². The van der Waals surface area contributed by atoms with Gasteiger partial charge in [0.25, 0.3) is 5.56 Å². The van der Waals surface area contributed by atoms with E-state index in [-0.39, 0.29) is 11.0 Å². The first-order chi connectivity index (χ1) is 11.5. The first kappa shape index (κ1) is 17.2. The highest BCUT2D eigenvalue weighted by molar-refractivity contribution is 6.30. The van der Waals surface area contributed by atoms with Crippen molar-refractivity contribution < 1.29 is 9.90 Å². The molecule has 0 spiro atoms. The fourth-order valence-electron chi connectivity index (χ4n) is 3.27. The van der Waals surface area contributed by atoms with Gasteiger partial charge in [-0.05, 0) is 45.1 Å². The Hall–Kier alpha value is -1.60. The van der Waals surface area contributed by atoms with Gasteiger partial charge in [0.1, 0.15) is 6.54 Å². The van der Waals surface area contributed by atoms with Crippen LogP contribution in [0.1, 0.15) is 31.4 Å². The van der Waals surface area contributed by atoms with Gasteiger partial charge in [-0.3, -0.25) is 19.1 Å². The van der Waals surface area contributed by atoms with Crippen molar-refractivity contribution in [3.05, 3.63) is 21.2 Å². The molecule has 3 rings (SSSR count). The van der Waals surface area contributed by atoms with Crippen LogP contribution in [0.2, 0.25) is 5.15 Å². The molecule has 0 radical (unpaired) electrons. The second-order valence-electron chi connectivity index (χ2n) is 6.74. The zero-order valence-corrected chi connectivity index (χ0v) is 14.6. The number of hydrogen-bond donors (Lipinski definition) is 2. The normalized spacial score (nSPS) is 21.2. The average Bonchev–Trinajstić information content (AvgIpc) is 3.24. The molecule has 8 heteroatoms.